The number of hydrogen-bond donors (Lipinski definition) is 2. The Hall–Kier alpha value is -2.53. The van der Waals surface area contributed by atoms with Crippen LogP contribution >= 0.6 is 0 Å². The molecule has 0 spiro atoms. The lowest BCUT2D eigenvalue weighted by Crippen LogP contribution is -2.47. The molecule has 2 heterocycles. The summed E-state index contributed by atoms with van der Waals surface area (Å²) in [5.74, 6) is -0.790. The molecule has 2 aromatic rings. The van der Waals surface area contributed by atoms with Crippen LogP contribution in [0, 0.1) is 0 Å². The molecule has 5 nitrogen and oxygen atoms in total. The van der Waals surface area contributed by atoms with E-state index in [9.17, 15) is 9.59 Å². The highest BCUT2D eigenvalue weighted by molar-refractivity contribution is 6.06. The third kappa shape index (κ3) is 2.98. The Morgan fingerprint density at radius 1 is 1.14 bits per heavy atom. The van der Waals surface area contributed by atoms with E-state index in [0.29, 0.717) is 13.0 Å². The normalized spacial score (nSPS) is 17.6. The summed E-state index contributed by atoms with van der Waals surface area (Å²) >= 11 is 0. The molecule has 1 aromatic carbocycles. The van der Waals surface area contributed by atoms with Gasteiger partial charge in [0.2, 0.25) is 5.91 Å². The topological polar surface area (TPSA) is 71.1 Å². The van der Waals surface area contributed by atoms with Crippen LogP contribution in [0.3, 0.4) is 0 Å². The van der Waals surface area contributed by atoms with Gasteiger partial charge in [0.1, 0.15) is 5.69 Å². The average Bonchev–Trinajstić information content (AvgIpc) is 2.55. The lowest BCUT2D eigenvalue weighted by Gasteiger charge is -2.18. The number of pyridine rings is 1. The first kappa shape index (κ1) is 13.5. The van der Waals surface area contributed by atoms with E-state index in [1.807, 2.05) is 42.5 Å². The van der Waals surface area contributed by atoms with Crippen LogP contribution in [0.2, 0.25) is 0 Å². The Kier molecular flexibility index (Phi) is 3.75. The van der Waals surface area contributed by atoms with Crippen molar-refractivity contribution in [3.05, 3.63) is 54.2 Å². The molecule has 1 atom stereocenters. The maximum Gasteiger partial charge on any atom is 0.276 e. The fourth-order valence-electron chi connectivity index (χ4n) is 2.26. The summed E-state index contributed by atoms with van der Waals surface area (Å²) in [6.07, 6.45) is 4.47. The Morgan fingerprint density at radius 3 is 2.81 bits per heavy atom. The standard InChI is InChI=1S/C16H15N3O2/c20-15(13-7-3-4-10-17-13)19-16(21)14-9-8-11-5-1-2-6-12(11)18-14/h1-6,8-9,13,17H,7,10H2,(H,19,20,21). The van der Waals surface area contributed by atoms with Gasteiger partial charge >= 0.3 is 0 Å². The number of imide groups is 1. The summed E-state index contributed by atoms with van der Waals surface area (Å²) in [5.41, 5.74) is 0.977. The van der Waals surface area contributed by atoms with Crippen molar-refractivity contribution in [2.75, 3.05) is 6.54 Å². The van der Waals surface area contributed by atoms with E-state index in [4.69, 9.17) is 0 Å². The molecule has 1 aromatic heterocycles. The summed E-state index contributed by atoms with van der Waals surface area (Å²) in [4.78, 5) is 28.4. The smallest absolute Gasteiger partial charge is 0.276 e. The van der Waals surface area contributed by atoms with E-state index in [-0.39, 0.29) is 17.6 Å². The fourth-order valence-corrected chi connectivity index (χ4v) is 2.26. The van der Waals surface area contributed by atoms with Crippen molar-refractivity contribution in [2.24, 2.45) is 0 Å². The number of hydrogen-bond acceptors (Lipinski definition) is 4. The maximum atomic E-state index is 12.1. The highest BCUT2D eigenvalue weighted by Gasteiger charge is 2.21. The minimum absolute atomic E-state index is 0.244. The van der Waals surface area contributed by atoms with Gasteiger partial charge in [-0.15, -0.1) is 0 Å². The van der Waals surface area contributed by atoms with Crippen molar-refractivity contribution in [3.8, 4) is 0 Å². The molecule has 0 saturated carbocycles. The highest BCUT2D eigenvalue weighted by Crippen LogP contribution is 2.11. The molecular formula is C16H15N3O2. The molecule has 21 heavy (non-hydrogen) atoms. The van der Waals surface area contributed by atoms with Crippen molar-refractivity contribution in [1.29, 1.82) is 0 Å². The van der Waals surface area contributed by atoms with Crippen LogP contribution in [0.5, 0.6) is 0 Å². The number of aromatic nitrogens is 1. The van der Waals surface area contributed by atoms with Crippen LogP contribution in [-0.2, 0) is 4.79 Å². The van der Waals surface area contributed by atoms with Crippen LogP contribution in [0.1, 0.15) is 16.9 Å². The third-order valence-corrected chi connectivity index (χ3v) is 3.40. The lowest BCUT2D eigenvalue weighted by molar-refractivity contribution is -0.122. The number of carbonyl (C=O) groups is 2. The average molecular weight is 281 g/mol. The Morgan fingerprint density at radius 2 is 2.00 bits per heavy atom. The van der Waals surface area contributed by atoms with Crippen molar-refractivity contribution in [3.63, 3.8) is 0 Å². The molecule has 1 aliphatic rings. The Labute approximate surface area is 122 Å². The second kappa shape index (κ2) is 5.85. The molecule has 1 unspecified atom stereocenters. The maximum absolute atomic E-state index is 12.1. The number of amides is 2. The van der Waals surface area contributed by atoms with E-state index in [1.54, 1.807) is 6.07 Å². The second-order valence-corrected chi connectivity index (χ2v) is 4.88. The summed E-state index contributed by atoms with van der Waals surface area (Å²) in [7, 11) is 0. The number of nitrogens with one attached hydrogen (secondary N) is 2. The van der Waals surface area contributed by atoms with Gasteiger partial charge in [0, 0.05) is 11.9 Å². The fraction of sp³-hybridized carbons (Fsp3) is 0.188. The van der Waals surface area contributed by atoms with Gasteiger partial charge in [-0.25, -0.2) is 4.98 Å². The molecule has 3 rings (SSSR count). The Balaban J connectivity index is 1.74. The van der Waals surface area contributed by atoms with Gasteiger partial charge in [-0.1, -0.05) is 36.4 Å². The summed E-state index contributed by atoms with van der Waals surface area (Å²) in [6, 6.07) is 10.6. The van der Waals surface area contributed by atoms with Gasteiger partial charge in [0.15, 0.2) is 0 Å². The van der Waals surface area contributed by atoms with Crippen LogP contribution in [-0.4, -0.2) is 29.4 Å². The number of benzene rings is 1. The van der Waals surface area contributed by atoms with Crippen LogP contribution < -0.4 is 10.6 Å². The number of para-hydroxylation sites is 1. The van der Waals surface area contributed by atoms with E-state index in [2.05, 4.69) is 15.6 Å². The van der Waals surface area contributed by atoms with E-state index in [0.717, 1.165) is 10.9 Å². The number of rotatable bonds is 2. The number of carbonyl (C=O) groups excluding carboxylic acids is 2. The first-order valence-corrected chi connectivity index (χ1v) is 6.83. The lowest BCUT2D eigenvalue weighted by atomic mass is 10.1. The molecule has 2 N–H and O–H groups in total. The third-order valence-electron chi connectivity index (χ3n) is 3.40. The largest absolute Gasteiger partial charge is 0.302 e. The van der Waals surface area contributed by atoms with E-state index < -0.39 is 5.91 Å². The van der Waals surface area contributed by atoms with Crippen molar-refractivity contribution in [2.45, 2.75) is 12.5 Å². The molecule has 0 saturated heterocycles. The molecule has 0 fully saturated rings. The molecule has 0 bridgehead atoms. The molecule has 106 valence electrons. The quantitative estimate of drug-likeness (QED) is 0.645. The van der Waals surface area contributed by atoms with Crippen molar-refractivity contribution >= 4 is 22.7 Å². The number of nitrogens with zero attached hydrogens (tertiary/aromatic N) is 1. The molecule has 0 radical (unpaired) electrons. The molecular weight excluding hydrogens is 266 g/mol. The Bertz CT molecular complexity index is 724. The van der Waals surface area contributed by atoms with Gasteiger partial charge in [-0.3, -0.25) is 14.9 Å². The molecule has 0 aliphatic carbocycles. The first-order valence-electron chi connectivity index (χ1n) is 6.83. The first-order chi connectivity index (χ1) is 10.2. The van der Waals surface area contributed by atoms with Crippen molar-refractivity contribution < 1.29 is 9.59 Å². The second-order valence-electron chi connectivity index (χ2n) is 4.88. The zero-order chi connectivity index (χ0) is 14.7. The van der Waals surface area contributed by atoms with Gasteiger partial charge in [-0.2, -0.15) is 0 Å². The molecule has 1 aliphatic heterocycles. The van der Waals surface area contributed by atoms with Gasteiger partial charge in [0.05, 0.1) is 11.6 Å². The molecule has 5 heteroatoms. The predicted octanol–water partition coefficient (Wildman–Crippen LogP) is 1.41. The van der Waals surface area contributed by atoms with Gasteiger partial charge in [-0.05, 0) is 18.6 Å². The number of fused-ring (bicyclic) bond motifs is 1. The predicted molar refractivity (Wildman–Crippen MR) is 79.8 cm³/mol. The molecule has 2 amide bonds. The van der Waals surface area contributed by atoms with Crippen LogP contribution in [0.4, 0.5) is 0 Å². The van der Waals surface area contributed by atoms with E-state index >= 15 is 0 Å². The summed E-state index contributed by atoms with van der Waals surface area (Å²) < 4.78 is 0. The minimum Gasteiger partial charge on any atom is -0.302 e. The summed E-state index contributed by atoms with van der Waals surface area (Å²) in [5, 5.41) is 6.39. The van der Waals surface area contributed by atoms with Gasteiger partial charge in [0.25, 0.3) is 5.91 Å². The van der Waals surface area contributed by atoms with E-state index in [1.165, 1.54) is 0 Å². The summed E-state index contributed by atoms with van der Waals surface area (Å²) in [6.45, 7) is 0.639. The SMILES string of the molecule is O=C(NC(=O)C1CC=CCN1)c1ccc2ccccc2n1. The van der Waals surface area contributed by atoms with Crippen LogP contribution in [0.25, 0.3) is 10.9 Å². The zero-order valence-electron chi connectivity index (χ0n) is 11.4. The minimum atomic E-state index is -0.470. The van der Waals surface area contributed by atoms with Crippen molar-refractivity contribution in [1.82, 2.24) is 15.6 Å². The monoisotopic (exact) mass is 281 g/mol. The van der Waals surface area contributed by atoms with Crippen LogP contribution in [0.15, 0.2) is 48.6 Å². The zero-order valence-corrected chi connectivity index (χ0v) is 11.4. The highest BCUT2D eigenvalue weighted by atomic mass is 16.2. The van der Waals surface area contributed by atoms with Gasteiger partial charge < -0.3 is 5.32 Å².